The number of carbonyl (C=O) groups is 1. The molecule has 3 saturated heterocycles. The number of piperidine rings is 1. The number of ether oxygens (including phenoxy) is 2. The van der Waals surface area contributed by atoms with Crippen molar-refractivity contribution < 1.29 is 19.4 Å². The van der Waals surface area contributed by atoms with Crippen molar-refractivity contribution in [1.82, 2.24) is 4.90 Å². The Labute approximate surface area is 166 Å². The Morgan fingerprint density at radius 2 is 2.07 bits per heavy atom. The Morgan fingerprint density at radius 3 is 2.86 bits per heavy atom. The molecule has 2 saturated carbocycles. The Balaban J connectivity index is 1.56. The Bertz CT molecular complexity index is 838. The third kappa shape index (κ3) is 1.34. The number of esters is 1. The lowest BCUT2D eigenvalue weighted by atomic mass is 9.42. The average Bonchev–Trinajstić information content (AvgIpc) is 3.32. The van der Waals surface area contributed by atoms with Crippen molar-refractivity contribution in [2.45, 2.75) is 70.4 Å². The Kier molecular flexibility index (Phi) is 2.83. The number of nitrogens with zero attached hydrogens (tertiary/aromatic N) is 1. The van der Waals surface area contributed by atoms with Gasteiger partial charge >= 0.3 is 5.97 Å². The first-order valence-electron chi connectivity index (χ1n) is 11.3. The quantitative estimate of drug-likeness (QED) is 0.556. The molecule has 7 rings (SSSR count). The molecule has 1 spiro atoms. The molecule has 5 heteroatoms. The minimum atomic E-state index is -0.869. The van der Waals surface area contributed by atoms with E-state index < -0.39 is 5.72 Å². The smallest absolute Gasteiger partial charge is 0.309 e. The molecule has 10 atom stereocenters. The molecule has 28 heavy (non-hydrogen) atoms. The number of hydrogen-bond acceptors (Lipinski definition) is 5. The normalized spacial score (nSPS) is 60.4. The van der Waals surface area contributed by atoms with Gasteiger partial charge in [-0.3, -0.25) is 4.79 Å². The summed E-state index contributed by atoms with van der Waals surface area (Å²) in [4.78, 5) is 15.2. The molecule has 0 aromatic heterocycles. The van der Waals surface area contributed by atoms with Crippen LogP contribution in [0.5, 0.6) is 0 Å². The van der Waals surface area contributed by atoms with E-state index in [4.69, 9.17) is 9.47 Å². The molecule has 1 N–H and O–H groups in total. The van der Waals surface area contributed by atoms with Crippen molar-refractivity contribution in [1.29, 1.82) is 0 Å². The fraction of sp³-hybridized carbons (Fsp3) is 0.870. The zero-order valence-corrected chi connectivity index (χ0v) is 17.1. The van der Waals surface area contributed by atoms with Crippen LogP contribution in [0.4, 0.5) is 0 Å². The summed E-state index contributed by atoms with van der Waals surface area (Å²) in [7, 11) is 1.52. The summed E-state index contributed by atoms with van der Waals surface area (Å²) in [5, 5.41) is 12.7. The lowest BCUT2D eigenvalue weighted by molar-refractivity contribution is -0.291. The van der Waals surface area contributed by atoms with Crippen molar-refractivity contribution in [2.75, 3.05) is 13.7 Å². The molecule has 3 aliphatic heterocycles. The van der Waals surface area contributed by atoms with Gasteiger partial charge < -0.3 is 14.6 Å². The van der Waals surface area contributed by atoms with E-state index in [2.05, 4.69) is 18.7 Å². The first-order valence-corrected chi connectivity index (χ1v) is 11.3. The Morgan fingerprint density at radius 1 is 1.29 bits per heavy atom. The van der Waals surface area contributed by atoms with E-state index in [0.29, 0.717) is 11.8 Å². The predicted molar refractivity (Wildman–Crippen MR) is 101 cm³/mol. The maximum Gasteiger partial charge on any atom is 0.309 e. The summed E-state index contributed by atoms with van der Waals surface area (Å²) in [5.41, 5.74) is 1.76. The molecular weight excluding hydrogens is 354 g/mol. The van der Waals surface area contributed by atoms with Crippen LogP contribution in [0, 0.1) is 40.4 Å². The van der Waals surface area contributed by atoms with Crippen LogP contribution in [-0.4, -0.2) is 47.7 Å². The molecule has 4 aliphatic carbocycles. The van der Waals surface area contributed by atoms with Gasteiger partial charge in [-0.1, -0.05) is 25.0 Å². The minimum absolute atomic E-state index is 0.0521. The van der Waals surface area contributed by atoms with Gasteiger partial charge in [0.1, 0.15) is 12.0 Å². The maximum atomic E-state index is 12.9. The largest absolute Gasteiger partial charge is 0.469 e. The fourth-order valence-electron chi connectivity index (χ4n) is 9.95. The lowest BCUT2D eigenvalue weighted by Gasteiger charge is -2.67. The second kappa shape index (κ2) is 4.70. The number of methoxy groups -OCH3 is 1. The van der Waals surface area contributed by atoms with E-state index in [1.807, 2.05) is 0 Å². The van der Waals surface area contributed by atoms with E-state index in [1.54, 1.807) is 5.57 Å². The molecule has 5 bridgehead atoms. The van der Waals surface area contributed by atoms with Gasteiger partial charge in [0.05, 0.1) is 19.1 Å². The number of carbonyl (C=O) groups excluding carboxylic acids is 1. The number of allylic oxidation sites excluding steroid dienone is 1. The van der Waals surface area contributed by atoms with E-state index in [-0.39, 0.29) is 46.9 Å². The topological polar surface area (TPSA) is 59.0 Å². The van der Waals surface area contributed by atoms with Gasteiger partial charge in [0.25, 0.3) is 0 Å². The van der Waals surface area contributed by atoms with Crippen LogP contribution < -0.4 is 0 Å². The van der Waals surface area contributed by atoms with Crippen LogP contribution in [-0.2, 0) is 14.3 Å². The Hall–Kier alpha value is -0.910. The first kappa shape index (κ1) is 16.8. The molecule has 0 aromatic carbocycles. The van der Waals surface area contributed by atoms with Crippen molar-refractivity contribution in [3.63, 3.8) is 0 Å². The van der Waals surface area contributed by atoms with E-state index in [1.165, 1.54) is 19.1 Å². The molecule has 152 valence electrons. The van der Waals surface area contributed by atoms with Crippen LogP contribution in [0.3, 0.4) is 0 Å². The summed E-state index contributed by atoms with van der Waals surface area (Å²) in [6, 6.07) is 0. The van der Waals surface area contributed by atoms with Gasteiger partial charge in [0, 0.05) is 29.2 Å². The van der Waals surface area contributed by atoms with Gasteiger partial charge in [-0.15, -0.1) is 0 Å². The van der Waals surface area contributed by atoms with Gasteiger partial charge in [0.2, 0.25) is 0 Å². The summed E-state index contributed by atoms with van der Waals surface area (Å²) >= 11 is 0. The SMILES string of the molecule is COC(=O)[C@@H]1C[C@]23C4=C(CC[C@@H]5[C@H]6O[C@H](C[C@@H]7[C@H](C)CN6[C@@]72O)[C@@]53C)CC[C@@H]41. The highest BCUT2D eigenvalue weighted by atomic mass is 16.5. The summed E-state index contributed by atoms with van der Waals surface area (Å²) in [6.45, 7) is 5.65. The van der Waals surface area contributed by atoms with Gasteiger partial charge in [0.15, 0.2) is 0 Å². The summed E-state index contributed by atoms with van der Waals surface area (Å²) in [6.07, 6.45) is 6.41. The van der Waals surface area contributed by atoms with Crippen molar-refractivity contribution >= 4 is 5.97 Å². The van der Waals surface area contributed by atoms with Crippen LogP contribution >= 0.6 is 0 Å². The molecule has 0 radical (unpaired) electrons. The third-order valence-electron chi connectivity index (χ3n) is 10.8. The first-order chi connectivity index (χ1) is 13.4. The molecule has 5 fully saturated rings. The zero-order chi connectivity index (χ0) is 19.2. The molecule has 7 aliphatic rings. The van der Waals surface area contributed by atoms with Crippen molar-refractivity contribution in [3.05, 3.63) is 11.1 Å². The highest BCUT2D eigenvalue weighted by Gasteiger charge is 2.87. The number of fused-ring (bicyclic) bond motifs is 1. The lowest BCUT2D eigenvalue weighted by Crippen LogP contribution is -2.75. The van der Waals surface area contributed by atoms with Crippen LogP contribution in [0.1, 0.15) is 52.4 Å². The summed E-state index contributed by atoms with van der Waals surface area (Å²) < 4.78 is 12.0. The van der Waals surface area contributed by atoms with Crippen molar-refractivity contribution in [3.8, 4) is 0 Å². The average molecular weight is 386 g/mol. The van der Waals surface area contributed by atoms with Gasteiger partial charge in [-0.05, 0) is 50.4 Å². The molecule has 0 aromatic rings. The van der Waals surface area contributed by atoms with Gasteiger partial charge in [-0.2, -0.15) is 0 Å². The number of hydrogen-bond donors (Lipinski definition) is 1. The molecule has 3 heterocycles. The predicted octanol–water partition coefficient (Wildman–Crippen LogP) is 2.69. The fourth-order valence-corrected chi connectivity index (χ4v) is 9.95. The zero-order valence-electron chi connectivity index (χ0n) is 17.1. The molecule has 0 amide bonds. The second-order valence-electron chi connectivity index (χ2n) is 11.0. The monoisotopic (exact) mass is 385 g/mol. The number of rotatable bonds is 1. The molecular formula is C23H31NO4. The van der Waals surface area contributed by atoms with E-state index in [0.717, 1.165) is 38.6 Å². The highest BCUT2D eigenvalue weighted by molar-refractivity contribution is 5.75. The number of aliphatic hydroxyl groups is 1. The maximum absolute atomic E-state index is 12.9. The van der Waals surface area contributed by atoms with Crippen LogP contribution in [0.25, 0.3) is 0 Å². The van der Waals surface area contributed by atoms with Gasteiger partial charge in [-0.25, -0.2) is 4.90 Å². The molecule has 5 nitrogen and oxygen atoms in total. The van der Waals surface area contributed by atoms with E-state index >= 15 is 0 Å². The third-order valence-corrected chi connectivity index (χ3v) is 10.8. The van der Waals surface area contributed by atoms with Crippen molar-refractivity contribution in [2.24, 2.45) is 40.4 Å². The summed E-state index contributed by atoms with van der Waals surface area (Å²) in [5.74, 6) is 1.24. The standard InChI is InChI=1S/C23H31NO4/c1-11-10-24-19-15-7-5-12-4-6-13-14(20(25)27-3)9-22(18(12)13)21(15,2)17(28-19)8-16(11)23(22,24)26/h11,13-17,19,26H,4-10H2,1-3H3/t11-,13-,14-,15-,16-,17-,19-,21-,22-,23-/m1/s1. The highest BCUT2D eigenvalue weighted by Crippen LogP contribution is 2.82. The molecule has 0 unspecified atom stereocenters. The van der Waals surface area contributed by atoms with E-state index in [9.17, 15) is 9.90 Å². The van der Waals surface area contributed by atoms with Crippen LogP contribution in [0.2, 0.25) is 0 Å². The second-order valence-corrected chi connectivity index (χ2v) is 11.0. The van der Waals surface area contributed by atoms with Crippen LogP contribution in [0.15, 0.2) is 11.1 Å². The minimum Gasteiger partial charge on any atom is -0.469 e.